The molecular formula is C27H26Cl2N2O3. The highest BCUT2D eigenvalue weighted by Gasteiger charge is 2.18. The van der Waals surface area contributed by atoms with Crippen LogP contribution in [0.25, 0.3) is 6.08 Å². The van der Waals surface area contributed by atoms with Crippen LogP contribution in [0.4, 0.5) is 11.4 Å². The Bertz CT molecular complexity index is 1190. The van der Waals surface area contributed by atoms with Crippen molar-refractivity contribution in [1.29, 1.82) is 0 Å². The average Bonchev–Trinajstić information content (AvgIpc) is 2.89. The van der Waals surface area contributed by atoms with Crippen molar-refractivity contribution in [2.75, 3.05) is 50.2 Å². The molecule has 0 aliphatic carbocycles. The third kappa shape index (κ3) is 5.49. The zero-order valence-electron chi connectivity index (χ0n) is 19.1. The van der Waals surface area contributed by atoms with Gasteiger partial charge in [-0.25, -0.2) is 0 Å². The van der Waals surface area contributed by atoms with E-state index >= 15 is 0 Å². The molecule has 34 heavy (non-hydrogen) atoms. The minimum absolute atomic E-state index is 0.0502. The molecule has 1 aliphatic rings. The molecule has 1 aliphatic heterocycles. The van der Waals surface area contributed by atoms with Crippen LogP contribution in [-0.4, -0.2) is 46.2 Å². The van der Waals surface area contributed by atoms with E-state index < -0.39 is 0 Å². The zero-order chi connectivity index (χ0) is 24.1. The lowest BCUT2D eigenvalue weighted by Crippen LogP contribution is -2.46. The van der Waals surface area contributed by atoms with Gasteiger partial charge in [0.15, 0.2) is 17.3 Å². The molecule has 0 atom stereocenters. The highest BCUT2D eigenvalue weighted by Crippen LogP contribution is 2.29. The van der Waals surface area contributed by atoms with E-state index in [2.05, 4.69) is 9.80 Å². The van der Waals surface area contributed by atoms with Gasteiger partial charge in [-0.3, -0.25) is 4.79 Å². The Balaban J connectivity index is 1.36. The van der Waals surface area contributed by atoms with Gasteiger partial charge < -0.3 is 19.3 Å². The van der Waals surface area contributed by atoms with Gasteiger partial charge in [-0.05, 0) is 66.2 Å². The lowest BCUT2D eigenvalue weighted by Gasteiger charge is -2.37. The molecule has 3 aromatic rings. The summed E-state index contributed by atoms with van der Waals surface area (Å²) in [5, 5.41) is 1.14. The van der Waals surface area contributed by atoms with Gasteiger partial charge in [0.1, 0.15) is 0 Å². The van der Waals surface area contributed by atoms with Crippen LogP contribution in [0.1, 0.15) is 15.9 Å². The topological polar surface area (TPSA) is 42.0 Å². The first kappa shape index (κ1) is 24.0. The van der Waals surface area contributed by atoms with E-state index in [4.69, 9.17) is 32.7 Å². The van der Waals surface area contributed by atoms with E-state index in [0.29, 0.717) is 27.1 Å². The maximum absolute atomic E-state index is 12.7. The number of carbonyl (C=O) groups excluding carboxylic acids is 1. The van der Waals surface area contributed by atoms with Crippen molar-refractivity contribution in [3.05, 3.63) is 87.9 Å². The molecule has 0 bridgehead atoms. The van der Waals surface area contributed by atoms with Crippen LogP contribution in [0, 0.1) is 0 Å². The highest BCUT2D eigenvalue weighted by atomic mass is 35.5. The molecule has 3 aromatic carbocycles. The first-order valence-corrected chi connectivity index (χ1v) is 11.7. The summed E-state index contributed by atoms with van der Waals surface area (Å²) in [5.41, 5.74) is 3.70. The number of ether oxygens (including phenoxy) is 2. The summed E-state index contributed by atoms with van der Waals surface area (Å²) in [6.07, 6.45) is 3.35. The van der Waals surface area contributed by atoms with Gasteiger partial charge in [-0.1, -0.05) is 35.3 Å². The van der Waals surface area contributed by atoms with Crippen molar-refractivity contribution in [3.8, 4) is 11.5 Å². The van der Waals surface area contributed by atoms with Crippen molar-refractivity contribution < 1.29 is 14.3 Å². The molecule has 1 fully saturated rings. The number of allylic oxidation sites excluding steroid dienone is 1. The number of carbonyl (C=O) groups is 1. The van der Waals surface area contributed by atoms with E-state index in [1.807, 2.05) is 60.7 Å². The normalized spacial score (nSPS) is 13.9. The third-order valence-electron chi connectivity index (χ3n) is 5.90. The second-order valence-electron chi connectivity index (χ2n) is 7.93. The number of nitrogens with zero attached hydrogens (tertiary/aromatic N) is 2. The summed E-state index contributed by atoms with van der Waals surface area (Å²) in [6, 6.07) is 19.0. The molecule has 0 unspecified atom stereocenters. The second kappa shape index (κ2) is 10.9. The fourth-order valence-electron chi connectivity index (χ4n) is 3.97. The Labute approximate surface area is 210 Å². The fourth-order valence-corrected chi connectivity index (χ4v) is 4.26. The van der Waals surface area contributed by atoms with Gasteiger partial charge in [0.05, 0.1) is 24.3 Å². The maximum atomic E-state index is 12.7. The minimum atomic E-state index is -0.0502. The van der Waals surface area contributed by atoms with Crippen molar-refractivity contribution in [2.24, 2.45) is 0 Å². The Kier molecular flexibility index (Phi) is 7.66. The number of piperazine rings is 1. The van der Waals surface area contributed by atoms with Crippen molar-refractivity contribution in [2.45, 2.75) is 0 Å². The number of hydrogen-bond acceptors (Lipinski definition) is 5. The lowest BCUT2D eigenvalue weighted by atomic mass is 10.1. The van der Waals surface area contributed by atoms with E-state index in [0.717, 1.165) is 43.1 Å². The van der Waals surface area contributed by atoms with Crippen molar-refractivity contribution in [3.63, 3.8) is 0 Å². The number of benzene rings is 3. The Morgan fingerprint density at radius 3 is 2.00 bits per heavy atom. The first-order valence-electron chi connectivity index (χ1n) is 11.0. The van der Waals surface area contributed by atoms with Crippen LogP contribution in [0.3, 0.4) is 0 Å². The summed E-state index contributed by atoms with van der Waals surface area (Å²) in [4.78, 5) is 17.3. The van der Waals surface area contributed by atoms with Crippen LogP contribution < -0.4 is 19.3 Å². The molecule has 1 saturated heterocycles. The number of anilines is 2. The van der Waals surface area contributed by atoms with Crippen LogP contribution in [0.15, 0.2) is 66.7 Å². The van der Waals surface area contributed by atoms with Gasteiger partial charge >= 0.3 is 0 Å². The van der Waals surface area contributed by atoms with Gasteiger partial charge in [0.2, 0.25) is 0 Å². The van der Waals surface area contributed by atoms with Crippen molar-refractivity contribution >= 4 is 46.4 Å². The van der Waals surface area contributed by atoms with Crippen LogP contribution in [-0.2, 0) is 0 Å². The van der Waals surface area contributed by atoms with Gasteiger partial charge in [0, 0.05) is 43.1 Å². The number of methoxy groups -OCH3 is 2. The summed E-state index contributed by atoms with van der Waals surface area (Å²) in [5.74, 6) is 1.23. The van der Waals surface area contributed by atoms with E-state index in [9.17, 15) is 4.79 Å². The predicted molar refractivity (Wildman–Crippen MR) is 140 cm³/mol. The molecule has 0 saturated carbocycles. The van der Waals surface area contributed by atoms with E-state index in [-0.39, 0.29) is 5.78 Å². The van der Waals surface area contributed by atoms with Crippen LogP contribution in [0.5, 0.6) is 11.5 Å². The number of ketones is 1. The summed E-state index contributed by atoms with van der Waals surface area (Å²) >= 11 is 12.2. The Morgan fingerprint density at radius 2 is 1.38 bits per heavy atom. The largest absolute Gasteiger partial charge is 0.493 e. The molecule has 4 rings (SSSR count). The van der Waals surface area contributed by atoms with Gasteiger partial charge in [-0.2, -0.15) is 0 Å². The molecular weight excluding hydrogens is 471 g/mol. The molecule has 0 N–H and O–H groups in total. The Morgan fingerprint density at radius 1 is 0.765 bits per heavy atom. The zero-order valence-corrected chi connectivity index (χ0v) is 20.6. The molecule has 0 radical (unpaired) electrons. The molecule has 0 aromatic heterocycles. The quantitative estimate of drug-likeness (QED) is 0.286. The third-order valence-corrected chi connectivity index (χ3v) is 6.64. The summed E-state index contributed by atoms with van der Waals surface area (Å²) < 4.78 is 10.6. The smallest absolute Gasteiger partial charge is 0.185 e. The maximum Gasteiger partial charge on any atom is 0.185 e. The fraction of sp³-hybridized carbons (Fsp3) is 0.222. The second-order valence-corrected chi connectivity index (χ2v) is 8.75. The standard InChI is InChI=1S/C27H26Cl2N2O3/c1-33-26-12-4-19(17-27(26)34-2)3-11-25(32)20-5-7-21(8-6-20)30-13-15-31(16-14-30)22-9-10-23(28)24(29)18-22/h3-12,17-18H,13-16H2,1-2H3/b11-3+. The first-order chi connectivity index (χ1) is 16.5. The SMILES string of the molecule is COc1ccc(/C=C/C(=O)c2ccc(N3CCN(c4ccc(Cl)c(Cl)c4)CC3)cc2)cc1OC. The monoisotopic (exact) mass is 496 g/mol. The Hall–Kier alpha value is -3.15. The van der Waals surface area contributed by atoms with E-state index in [1.165, 1.54) is 0 Å². The van der Waals surface area contributed by atoms with Crippen molar-refractivity contribution in [1.82, 2.24) is 0 Å². The summed E-state index contributed by atoms with van der Waals surface area (Å²) in [6.45, 7) is 3.53. The van der Waals surface area contributed by atoms with E-state index in [1.54, 1.807) is 26.4 Å². The molecule has 0 spiro atoms. The highest BCUT2D eigenvalue weighted by molar-refractivity contribution is 6.42. The summed E-state index contributed by atoms with van der Waals surface area (Å²) in [7, 11) is 3.18. The molecule has 0 amide bonds. The lowest BCUT2D eigenvalue weighted by molar-refractivity contribution is 0.104. The minimum Gasteiger partial charge on any atom is -0.493 e. The molecule has 176 valence electrons. The van der Waals surface area contributed by atoms with Crippen LogP contribution >= 0.6 is 23.2 Å². The number of hydrogen-bond donors (Lipinski definition) is 0. The molecule has 7 heteroatoms. The molecule has 5 nitrogen and oxygen atoms in total. The molecule has 1 heterocycles. The number of rotatable bonds is 7. The number of halogens is 2. The predicted octanol–water partition coefficient (Wildman–Crippen LogP) is 6.23. The van der Waals surface area contributed by atoms with Crippen LogP contribution in [0.2, 0.25) is 10.0 Å². The van der Waals surface area contributed by atoms with Gasteiger partial charge in [0.25, 0.3) is 0 Å². The van der Waals surface area contributed by atoms with Gasteiger partial charge in [-0.15, -0.1) is 0 Å². The average molecular weight is 497 g/mol.